The lowest BCUT2D eigenvalue weighted by Gasteiger charge is -2.17. The van der Waals surface area contributed by atoms with Crippen LogP contribution >= 0.6 is 0 Å². The number of nitrogens with zero attached hydrogens (tertiary/aromatic N) is 1. The molecule has 0 bridgehead atoms. The number of hydrogen-bond acceptors (Lipinski definition) is 2. The molecule has 2 unspecified atom stereocenters. The third-order valence-electron chi connectivity index (χ3n) is 3.29. The standard InChI is InChI=1S/C14H22N2/c1-11(2)8-16-9-13(14(15)10-16)12-6-4-3-5-7-12/h3-7,11,13-14H,8-10,15H2,1-2H3. The molecule has 1 aromatic rings. The summed E-state index contributed by atoms with van der Waals surface area (Å²) in [4.78, 5) is 2.49. The van der Waals surface area contributed by atoms with E-state index in [9.17, 15) is 0 Å². The summed E-state index contributed by atoms with van der Waals surface area (Å²) in [5.74, 6) is 1.24. The summed E-state index contributed by atoms with van der Waals surface area (Å²) in [5.41, 5.74) is 7.63. The van der Waals surface area contributed by atoms with Crippen LogP contribution in [-0.4, -0.2) is 30.6 Å². The lowest BCUT2D eigenvalue weighted by atomic mass is 9.95. The topological polar surface area (TPSA) is 29.3 Å². The first-order chi connectivity index (χ1) is 7.66. The third kappa shape index (κ3) is 2.63. The molecule has 0 aromatic heterocycles. The SMILES string of the molecule is CC(C)CN1CC(N)C(c2ccccc2)C1. The highest BCUT2D eigenvalue weighted by molar-refractivity contribution is 5.23. The van der Waals surface area contributed by atoms with Crippen molar-refractivity contribution in [2.45, 2.75) is 25.8 Å². The number of benzene rings is 1. The zero-order valence-electron chi connectivity index (χ0n) is 10.3. The minimum atomic E-state index is 0.293. The van der Waals surface area contributed by atoms with Gasteiger partial charge in [0.05, 0.1) is 0 Å². The maximum atomic E-state index is 6.24. The zero-order chi connectivity index (χ0) is 11.5. The molecule has 1 saturated heterocycles. The smallest absolute Gasteiger partial charge is 0.0249 e. The predicted octanol–water partition coefficient (Wildman–Crippen LogP) is 2.07. The molecular weight excluding hydrogens is 196 g/mol. The van der Waals surface area contributed by atoms with Crippen LogP contribution < -0.4 is 5.73 Å². The van der Waals surface area contributed by atoms with Gasteiger partial charge >= 0.3 is 0 Å². The normalized spacial score (nSPS) is 26.5. The quantitative estimate of drug-likeness (QED) is 0.841. The van der Waals surface area contributed by atoms with E-state index in [0.29, 0.717) is 12.0 Å². The van der Waals surface area contributed by atoms with Gasteiger partial charge in [0.1, 0.15) is 0 Å². The van der Waals surface area contributed by atoms with Crippen LogP contribution in [0.5, 0.6) is 0 Å². The van der Waals surface area contributed by atoms with Crippen molar-refractivity contribution < 1.29 is 0 Å². The van der Waals surface area contributed by atoms with Gasteiger partial charge in [0.25, 0.3) is 0 Å². The second kappa shape index (κ2) is 4.98. The van der Waals surface area contributed by atoms with Crippen molar-refractivity contribution in [3.63, 3.8) is 0 Å². The Hall–Kier alpha value is -0.860. The first-order valence-corrected chi connectivity index (χ1v) is 6.19. The van der Waals surface area contributed by atoms with Crippen LogP contribution in [0.1, 0.15) is 25.3 Å². The lowest BCUT2D eigenvalue weighted by molar-refractivity contribution is 0.292. The van der Waals surface area contributed by atoms with Gasteiger partial charge in [-0.2, -0.15) is 0 Å². The Balaban J connectivity index is 2.03. The Bertz CT molecular complexity index is 321. The van der Waals surface area contributed by atoms with E-state index < -0.39 is 0 Å². The summed E-state index contributed by atoms with van der Waals surface area (Å²) in [5, 5.41) is 0. The minimum Gasteiger partial charge on any atom is -0.326 e. The first-order valence-electron chi connectivity index (χ1n) is 6.19. The maximum Gasteiger partial charge on any atom is 0.0249 e. The van der Waals surface area contributed by atoms with E-state index in [1.165, 1.54) is 5.56 Å². The molecule has 0 spiro atoms. The van der Waals surface area contributed by atoms with Gasteiger partial charge in [-0.05, 0) is 11.5 Å². The van der Waals surface area contributed by atoms with Gasteiger partial charge in [-0.25, -0.2) is 0 Å². The second-order valence-electron chi connectivity index (χ2n) is 5.29. The van der Waals surface area contributed by atoms with E-state index in [4.69, 9.17) is 5.73 Å². The summed E-state index contributed by atoms with van der Waals surface area (Å²) in [6, 6.07) is 11.0. The highest BCUT2D eigenvalue weighted by Crippen LogP contribution is 2.26. The molecular formula is C14H22N2. The van der Waals surface area contributed by atoms with Crippen LogP contribution in [0.15, 0.2) is 30.3 Å². The maximum absolute atomic E-state index is 6.24. The van der Waals surface area contributed by atoms with Crippen LogP contribution in [0.3, 0.4) is 0 Å². The summed E-state index contributed by atoms with van der Waals surface area (Å²) < 4.78 is 0. The number of nitrogens with two attached hydrogens (primary N) is 1. The van der Waals surface area contributed by atoms with Gasteiger partial charge in [-0.3, -0.25) is 0 Å². The van der Waals surface area contributed by atoms with Crippen LogP contribution in [0, 0.1) is 5.92 Å². The van der Waals surface area contributed by atoms with Crippen molar-refractivity contribution in [3.05, 3.63) is 35.9 Å². The third-order valence-corrected chi connectivity index (χ3v) is 3.29. The van der Waals surface area contributed by atoms with E-state index in [-0.39, 0.29) is 0 Å². The molecule has 2 rings (SSSR count). The van der Waals surface area contributed by atoms with Crippen LogP contribution in [0.4, 0.5) is 0 Å². The molecule has 88 valence electrons. The molecule has 2 nitrogen and oxygen atoms in total. The Morgan fingerprint density at radius 2 is 1.94 bits per heavy atom. The van der Waals surface area contributed by atoms with Crippen molar-refractivity contribution >= 4 is 0 Å². The molecule has 0 saturated carbocycles. The lowest BCUT2D eigenvalue weighted by Crippen LogP contribution is -2.30. The number of likely N-dealkylation sites (tertiary alicyclic amines) is 1. The van der Waals surface area contributed by atoms with Gasteiger partial charge in [0.2, 0.25) is 0 Å². The van der Waals surface area contributed by atoms with E-state index in [2.05, 4.69) is 49.1 Å². The molecule has 1 heterocycles. The number of rotatable bonds is 3. The predicted molar refractivity (Wildman–Crippen MR) is 68.4 cm³/mol. The fourth-order valence-electron chi connectivity index (χ4n) is 2.63. The molecule has 1 aromatic carbocycles. The van der Waals surface area contributed by atoms with Gasteiger partial charge in [0, 0.05) is 31.6 Å². The Morgan fingerprint density at radius 1 is 1.25 bits per heavy atom. The Morgan fingerprint density at radius 3 is 2.56 bits per heavy atom. The summed E-state index contributed by atoms with van der Waals surface area (Å²) in [6.07, 6.45) is 0. The van der Waals surface area contributed by atoms with Gasteiger partial charge < -0.3 is 10.6 Å². The van der Waals surface area contributed by atoms with Crippen molar-refractivity contribution in [1.82, 2.24) is 4.90 Å². The number of hydrogen-bond donors (Lipinski definition) is 1. The largest absolute Gasteiger partial charge is 0.326 e. The van der Waals surface area contributed by atoms with Gasteiger partial charge in [0.15, 0.2) is 0 Å². The summed E-state index contributed by atoms with van der Waals surface area (Å²) >= 11 is 0. The molecule has 0 radical (unpaired) electrons. The highest BCUT2D eigenvalue weighted by atomic mass is 15.2. The molecule has 1 aliphatic heterocycles. The first kappa shape index (κ1) is 11.6. The summed E-state index contributed by atoms with van der Waals surface area (Å²) in [6.45, 7) is 7.85. The van der Waals surface area contributed by atoms with Crippen molar-refractivity contribution in [2.24, 2.45) is 11.7 Å². The summed E-state index contributed by atoms with van der Waals surface area (Å²) in [7, 11) is 0. The molecule has 16 heavy (non-hydrogen) atoms. The molecule has 0 aliphatic carbocycles. The van der Waals surface area contributed by atoms with Crippen molar-refractivity contribution in [1.29, 1.82) is 0 Å². The highest BCUT2D eigenvalue weighted by Gasteiger charge is 2.30. The fourth-order valence-corrected chi connectivity index (χ4v) is 2.63. The van der Waals surface area contributed by atoms with Crippen molar-refractivity contribution in [2.75, 3.05) is 19.6 Å². The monoisotopic (exact) mass is 218 g/mol. The zero-order valence-corrected chi connectivity index (χ0v) is 10.3. The minimum absolute atomic E-state index is 0.293. The molecule has 2 atom stereocenters. The average Bonchev–Trinajstić information content (AvgIpc) is 2.60. The van der Waals surface area contributed by atoms with E-state index in [0.717, 1.165) is 25.6 Å². The molecule has 2 heteroatoms. The Kier molecular flexibility index (Phi) is 3.62. The molecule has 0 amide bonds. The van der Waals surface area contributed by atoms with E-state index in [1.807, 2.05) is 0 Å². The van der Waals surface area contributed by atoms with Crippen LogP contribution in [0.2, 0.25) is 0 Å². The molecule has 2 N–H and O–H groups in total. The average molecular weight is 218 g/mol. The van der Waals surface area contributed by atoms with Crippen LogP contribution in [0.25, 0.3) is 0 Å². The fraction of sp³-hybridized carbons (Fsp3) is 0.571. The Labute approximate surface area is 98.4 Å². The van der Waals surface area contributed by atoms with E-state index in [1.54, 1.807) is 0 Å². The van der Waals surface area contributed by atoms with Gasteiger partial charge in [-0.15, -0.1) is 0 Å². The van der Waals surface area contributed by atoms with Crippen molar-refractivity contribution in [3.8, 4) is 0 Å². The molecule has 1 aliphatic rings. The van der Waals surface area contributed by atoms with E-state index >= 15 is 0 Å². The molecule has 1 fully saturated rings. The van der Waals surface area contributed by atoms with Crippen LogP contribution in [-0.2, 0) is 0 Å². The van der Waals surface area contributed by atoms with Gasteiger partial charge in [-0.1, -0.05) is 44.2 Å². The second-order valence-corrected chi connectivity index (χ2v) is 5.29.